The van der Waals surface area contributed by atoms with Crippen molar-refractivity contribution in [1.82, 2.24) is 10.2 Å². The summed E-state index contributed by atoms with van der Waals surface area (Å²) in [4.78, 5) is 0. The van der Waals surface area contributed by atoms with Gasteiger partial charge >= 0.3 is 0 Å². The minimum Gasteiger partial charge on any atom is -0.360 e. The van der Waals surface area contributed by atoms with Crippen molar-refractivity contribution < 1.29 is 0 Å². The van der Waals surface area contributed by atoms with E-state index in [4.69, 9.17) is 11.6 Å². The summed E-state index contributed by atoms with van der Waals surface area (Å²) in [5.74, 6) is 0.598. The van der Waals surface area contributed by atoms with Crippen LogP contribution in [0, 0.1) is 12.8 Å². The van der Waals surface area contributed by atoms with Crippen molar-refractivity contribution in [3.05, 3.63) is 5.01 Å². The van der Waals surface area contributed by atoms with Gasteiger partial charge in [-0.3, -0.25) is 0 Å². The third kappa shape index (κ3) is 2.36. The average Bonchev–Trinajstić information content (AvgIpc) is 2.72. The van der Waals surface area contributed by atoms with Crippen LogP contribution in [0.15, 0.2) is 0 Å². The van der Waals surface area contributed by atoms with Crippen molar-refractivity contribution in [3.63, 3.8) is 0 Å². The van der Waals surface area contributed by atoms with Crippen LogP contribution in [0.25, 0.3) is 0 Å². The fourth-order valence-corrected chi connectivity index (χ4v) is 2.78. The van der Waals surface area contributed by atoms with Crippen molar-refractivity contribution in [2.45, 2.75) is 31.6 Å². The topological polar surface area (TPSA) is 37.8 Å². The van der Waals surface area contributed by atoms with E-state index in [0.717, 1.165) is 23.1 Å². The van der Waals surface area contributed by atoms with E-state index >= 15 is 0 Å². The van der Waals surface area contributed by atoms with Gasteiger partial charge in [-0.1, -0.05) is 17.8 Å². The predicted molar refractivity (Wildman–Crippen MR) is 60.1 cm³/mol. The van der Waals surface area contributed by atoms with Crippen LogP contribution in [-0.4, -0.2) is 22.1 Å². The Kier molecular flexibility index (Phi) is 3.23. The molecule has 0 spiro atoms. The van der Waals surface area contributed by atoms with Crippen LogP contribution in [0.3, 0.4) is 0 Å². The maximum atomic E-state index is 6.18. The Morgan fingerprint density at radius 3 is 2.93 bits per heavy atom. The van der Waals surface area contributed by atoms with Gasteiger partial charge in [0.2, 0.25) is 5.13 Å². The van der Waals surface area contributed by atoms with E-state index in [-0.39, 0.29) is 0 Å². The standard InChI is InChI=1S/C9H14ClN3S/c1-6-12-13-9(14-6)11-5-7-3-2-4-8(7)10/h7-8H,2-5H2,1H3,(H,11,13). The Bertz CT molecular complexity index is 302. The molecule has 0 aromatic carbocycles. The molecule has 1 N–H and O–H groups in total. The fourth-order valence-electron chi connectivity index (χ4n) is 1.81. The Morgan fingerprint density at radius 2 is 2.36 bits per heavy atom. The fraction of sp³-hybridized carbons (Fsp3) is 0.778. The van der Waals surface area contributed by atoms with E-state index in [1.807, 2.05) is 6.92 Å². The van der Waals surface area contributed by atoms with Gasteiger partial charge in [0.1, 0.15) is 5.01 Å². The minimum atomic E-state index is 0.344. The van der Waals surface area contributed by atoms with Gasteiger partial charge in [-0.05, 0) is 25.7 Å². The number of aromatic nitrogens is 2. The lowest BCUT2D eigenvalue weighted by Gasteiger charge is -2.13. The van der Waals surface area contributed by atoms with Crippen molar-refractivity contribution in [2.75, 3.05) is 11.9 Å². The lowest BCUT2D eigenvalue weighted by Crippen LogP contribution is -2.18. The van der Waals surface area contributed by atoms with E-state index in [9.17, 15) is 0 Å². The van der Waals surface area contributed by atoms with E-state index in [1.54, 1.807) is 11.3 Å². The van der Waals surface area contributed by atoms with Crippen LogP contribution in [0.1, 0.15) is 24.3 Å². The molecule has 1 saturated carbocycles. The number of aryl methyl sites for hydroxylation is 1. The SMILES string of the molecule is Cc1nnc(NCC2CCCC2Cl)s1. The van der Waals surface area contributed by atoms with Crippen LogP contribution in [-0.2, 0) is 0 Å². The largest absolute Gasteiger partial charge is 0.360 e. The third-order valence-corrected chi connectivity index (χ3v) is 3.98. The zero-order chi connectivity index (χ0) is 9.97. The number of hydrogen-bond acceptors (Lipinski definition) is 4. The highest BCUT2D eigenvalue weighted by atomic mass is 35.5. The summed E-state index contributed by atoms with van der Waals surface area (Å²) < 4.78 is 0. The molecule has 0 radical (unpaired) electrons. The molecule has 14 heavy (non-hydrogen) atoms. The van der Waals surface area contributed by atoms with Gasteiger partial charge in [-0.2, -0.15) is 0 Å². The van der Waals surface area contributed by atoms with Gasteiger partial charge in [0.25, 0.3) is 0 Å². The van der Waals surface area contributed by atoms with Gasteiger partial charge in [0.05, 0.1) is 0 Å². The first kappa shape index (κ1) is 10.2. The number of anilines is 1. The molecule has 78 valence electrons. The van der Waals surface area contributed by atoms with Gasteiger partial charge in [0.15, 0.2) is 0 Å². The molecule has 2 unspecified atom stereocenters. The second-order valence-electron chi connectivity index (χ2n) is 3.71. The molecule has 5 heteroatoms. The van der Waals surface area contributed by atoms with E-state index < -0.39 is 0 Å². The first-order valence-electron chi connectivity index (χ1n) is 4.94. The second kappa shape index (κ2) is 4.45. The molecule has 2 atom stereocenters. The molecule has 1 heterocycles. The van der Waals surface area contributed by atoms with Crippen molar-refractivity contribution >= 4 is 28.1 Å². The van der Waals surface area contributed by atoms with Gasteiger partial charge in [0, 0.05) is 11.9 Å². The molecule has 1 aromatic rings. The number of nitrogens with zero attached hydrogens (tertiary/aromatic N) is 2. The maximum Gasteiger partial charge on any atom is 0.205 e. The number of halogens is 1. The zero-order valence-corrected chi connectivity index (χ0v) is 9.74. The summed E-state index contributed by atoms with van der Waals surface area (Å²) in [6, 6.07) is 0. The normalized spacial score (nSPS) is 26.7. The maximum absolute atomic E-state index is 6.18. The molecule has 1 aliphatic rings. The quantitative estimate of drug-likeness (QED) is 0.813. The molecular formula is C9H14ClN3S. The Labute approximate surface area is 92.9 Å². The Morgan fingerprint density at radius 1 is 1.50 bits per heavy atom. The number of rotatable bonds is 3. The van der Waals surface area contributed by atoms with Crippen LogP contribution < -0.4 is 5.32 Å². The Balaban J connectivity index is 1.82. The van der Waals surface area contributed by atoms with Gasteiger partial charge < -0.3 is 5.32 Å². The highest BCUT2D eigenvalue weighted by molar-refractivity contribution is 7.15. The highest BCUT2D eigenvalue weighted by Gasteiger charge is 2.24. The molecule has 0 saturated heterocycles. The molecule has 0 aliphatic heterocycles. The lowest BCUT2D eigenvalue weighted by molar-refractivity contribution is 0.585. The smallest absolute Gasteiger partial charge is 0.205 e. The minimum absolute atomic E-state index is 0.344. The molecular weight excluding hydrogens is 218 g/mol. The third-order valence-electron chi connectivity index (χ3n) is 2.61. The summed E-state index contributed by atoms with van der Waals surface area (Å²) in [7, 11) is 0. The number of hydrogen-bond donors (Lipinski definition) is 1. The highest BCUT2D eigenvalue weighted by Crippen LogP contribution is 2.30. The number of alkyl halides is 1. The van der Waals surface area contributed by atoms with E-state index in [2.05, 4.69) is 15.5 Å². The van der Waals surface area contributed by atoms with Crippen LogP contribution in [0.2, 0.25) is 0 Å². The first-order chi connectivity index (χ1) is 6.75. The summed E-state index contributed by atoms with van der Waals surface area (Å²) in [5.41, 5.74) is 0. The van der Waals surface area contributed by atoms with Crippen molar-refractivity contribution in [2.24, 2.45) is 5.92 Å². The lowest BCUT2D eigenvalue weighted by atomic mass is 10.1. The predicted octanol–water partition coefficient (Wildman–Crippen LogP) is 2.67. The molecule has 0 bridgehead atoms. The second-order valence-corrected chi connectivity index (χ2v) is 5.46. The summed E-state index contributed by atoms with van der Waals surface area (Å²) in [5, 5.41) is 13.5. The molecule has 2 rings (SSSR count). The average molecular weight is 232 g/mol. The molecule has 0 amide bonds. The number of nitrogens with one attached hydrogen (secondary N) is 1. The van der Waals surface area contributed by atoms with Crippen molar-refractivity contribution in [3.8, 4) is 0 Å². The molecule has 1 aromatic heterocycles. The van der Waals surface area contributed by atoms with E-state index in [1.165, 1.54) is 12.8 Å². The van der Waals surface area contributed by atoms with Gasteiger partial charge in [-0.25, -0.2) is 0 Å². The van der Waals surface area contributed by atoms with Crippen LogP contribution in [0.4, 0.5) is 5.13 Å². The summed E-state index contributed by atoms with van der Waals surface area (Å²) >= 11 is 7.77. The zero-order valence-electron chi connectivity index (χ0n) is 8.16. The van der Waals surface area contributed by atoms with Crippen LogP contribution >= 0.6 is 22.9 Å². The van der Waals surface area contributed by atoms with E-state index in [0.29, 0.717) is 11.3 Å². The van der Waals surface area contributed by atoms with Crippen LogP contribution in [0.5, 0.6) is 0 Å². The van der Waals surface area contributed by atoms with Gasteiger partial charge in [-0.15, -0.1) is 21.8 Å². The molecule has 3 nitrogen and oxygen atoms in total. The monoisotopic (exact) mass is 231 g/mol. The summed E-state index contributed by atoms with van der Waals surface area (Å²) in [6.45, 7) is 2.89. The first-order valence-corrected chi connectivity index (χ1v) is 6.19. The molecule has 1 aliphatic carbocycles. The summed E-state index contributed by atoms with van der Waals surface area (Å²) in [6.07, 6.45) is 3.65. The molecule has 1 fully saturated rings. The van der Waals surface area contributed by atoms with Crippen molar-refractivity contribution in [1.29, 1.82) is 0 Å². The Hall–Kier alpha value is -0.350.